The fraction of sp³-hybridized carbons (Fsp3) is 0.375. The maximum atomic E-state index is 12.0. The fourth-order valence-corrected chi connectivity index (χ4v) is 0.888. The smallest absolute Gasteiger partial charge is 0.330 e. The lowest BCUT2D eigenvalue weighted by molar-refractivity contribution is -0.137. The molecule has 1 heterocycles. The van der Waals surface area contributed by atoms with E-state index in [4.69, 9.17) is 5.73 Å². The summed E-state index contributed by atoms with van der Waals surface area (Å²) in [6.07, 6.45) is -2.99. The summed E-state index contributed by atoms with van der Waals surface area (Å²) in [7, 11) is 0. The average Bonchev–Trinajstić information content (AvgIpc) is 2.04. The Morgan fingerprint density at radius 2 is 1.80 bits per heavy atom. The Morgan fingerprint density at radius 1 is 1.20 bits per heavy atom. The van der Waals surface area contributed by atoms with E-state index in [1.807, 2.05) is 0 Å². The molecule has 0 saturated heterocycles. The quantitative estimate of drug-likeness (QED) is 0.890. The van der Waals surface area contributed by atoms with Gasteiger partial charge < -0.3 is 5.73 Å². The van der Waals surface area contributed by atoms with Gasteiger partial charge in [-0.3, -0.25) is 4.98 Å². The van der Waals surface area contributed by atoms with Gasteiger partial charge in [-0.1, -0.05) is 0 Å². The molecule has 1 rings (SSSR count). The summed E-state index contributed by atoms with van der Waals surface area (Å²) in [4.78, 5) is 3.63. The number of halogens is 5. The lowest BCUT2D eigenvalue weighted by Gasteiger charge is -2.05. The van der Waals surface area contributed by atoms with Gasteiger partial charge in [0.25, 0.3) is 0 Å². The first kappa shape index (κ1) is 16.9. The molecule has 0 aliphatic heterocycles. The topological polar surface area (TPSA) is 38.9 Å². The standard InChI is InChI=1S/C8H9F3N2.2ClH/c9-8(10,11)6-1-2-7(3-4-12)13-5-6;;/h1-2,5H,3-4,12H2;2*1H. The van der Waals surface area contributed by atoms with E-state index in [1.54, 1.807) is 0 Å². The number of rotatable bonds is 2. The van der Waals surface area contributed by atoms with Crippen LogP contribution in [0.5, 0.6) is 0 Å². The second kappa shape index (κ2) is 6.87. The molecule has 0 aromatic carbocycles. The highest BCUT2D eigenvalue weighted by atomic mass is 35.5. The molecule has 7 heteroatoms. The van der Waals surface area contributed by atoms with Gasteiger partial charge in [0.2, 0.25) is 0 Å². The van der Waals surface area contributed by atoms with Crippen molar-refractivity contribution in [2.24, 2.45) is 5.73 Å². The largest absolute Gasteiger partial charge is 0.417 e. The Bertz CT molecular complexity index is 274. The third-order valence-corrected chi connectivity index (χ3v) is 1.55. The minimum atomic E-state index is -4.31. The number of nitrogens with zero attached hydrogens (tertiary/aromatic N) is 1. The minimum absolute atomic E-state index is 0. The molecule has 0 aliphatic rings. The van der Waals surface area contributed by atoms with Crippen LogP contribution >= 0.6 is 24.8 Å². The van der Waals surface area contributed by atoms with Gasteiger partial charge in [-0.05, 0) is 18.7 Å². The number of pyridine rings is 1. The molecule has 0 atom stereocenters. The minimum Gasteiger partial charge on any atom is -0.330 e. The zero-order valence-corrected chi connectivity index (χ0v) is 9.25. The third-order valence-electron chi connectivity index (χ3n) is 1.55. The molecule has 1 aromatic heterocycles. The lowest BCUT2D eigenvalue weighted by atomic mass is 10.2. The molecule has 0 amide bonds. The lowest BCUT2D eigenvalue weighted by Crippen LogP contribution is -2.08. The third kappa shape index (κ3) is 5.20. The zero-order valence-electron chi connectivity index (χ0n) is 7.62. The number of hydrogen-bond donors (Lipinski definition) is 1. The van der Waals surface area contributed by atoms with Crippen LogP contribution in [0.4, 0.5) is 13.2 Å². The van der Waals surface area contributed by atoms with Crippen molar-refractivity contribution in [1.82, 2.24) is 4.98 Å². The van der Waals surface area contributed by atoms with Gasteiger partial charge in [-0.15, -0.1) is 24.8 Å². The van der Waals surface area contributed by atoms with Crippen molar-refractivity contribution >= 4 is 24.8 Å². The van der Waals surface area contributed by atoms with E-state index in [0.717, 1.165) is 12.3 Å². The summed E-state index contributed by atoms with van der Waals surface area (Å²) in [5.74, 6) is 0. The highest BCUT2D eigenvalue weighted by Crippen LogP contribution is 2.28. The monoisotopic (exact) mass is 262 g/mol. The van der Waals surface area contributed by atoms with Crippen molar-refractivity contribution in [2.45, 2.75) is 12.6 Å². The summed E-state index contributed by atoms with van der Waals surface area (Å²) < 4.78 is 36.1. The van der Waals surface area contributed by atoms with Crippen LogP contribution in [0.15, 0.2) is 18.3 Å². The fourth-order valence-electron chi connectivity index (χ4n) is 0.888. The Balaban J connectivity index is 0. The van der Waals surface area contributed by atoms with Gasteiger partial charge in [-0.25, -0.2) is 0 Å². The van der Waals surface area contributed by atoms with Crippen LogP contribution in [0, 0.1) is 0 Å². The van der Waals surface area contributed by atoms with Crippen LogP contribution in [0.25, 0.3) is 0 Å². The van der Waals surface area contributed by atoms with Crippen LogP contribution in [0.3, 0.4) is 0 Å². The summed E-state index contributed by atoms with van der Waals surface area (Å²) >= 11 is 0. The summed E-state index contributed by atoms with van der Waals surface area (Å²) in [6.45, 7) is 0.387. The second-order valence-corrected chi connectivity index (χ2v) is 2.57. The molecule has 0 bridgehead atoms. The first-order chi connectivity index (χ1) is 6.04. The van der Waals surface area contributed by atoms with Crippen LogP contribution in [0.2, 0.25) is 0 Å². The molecule has 1 aromatic rings. The normalized spacial score (nSPS) is 10.1. The molecule has 2 N–H and O–H groups in total. The van der Waals surface area contributed by atoms with Crippen LogP contribution in [0.1, 0.15) is 11.3 Å². The van der Waals surface area contributed by atoms with Crippen LogP contribution in [-0.4, -0.2) is 11.5 Å². The van der Waals surface area contributed by atoms with E-state index in [1.165, 1.54) is 6.07 Å². The first-order valence-electron chi connectivity index (χ1n) is 3.76. The Hall–Kier alpha value is -0.520. The summed E-state index contributed by atoms with van der Waals surface area (Å²) in [5.41, 5.74) is 5.07. The highest BCUT2D eigenvalue weighted by molar-refractivity contribution is 5.85. The van der Waals surface area contributed by atoms with Gasteiger partial charge in [0.05, 0.1) is 5.56 Å². The molecule has 15 heavy (non-hydrogen) atoms. The van der Waals surface area contributed by atoms with E-state index in [2.05, 4.69) is 4.98 Å². The van der Waals surface area contributed by atoms with Crippen molar-refractivity contribution in [3.8, 4) is 0 Å². The zero-order chi connectivity index (χ0) is 9.90. The molecule has 0 radical (unpaired) electrons. The molecule has 0 fully saturated rings. The van der Waals surface area contributed by atoms with Gasteiger partial charge in [-0.2, -0.15) is 13.2 Å². The molecular formula is C8H11Cl2F3N2. The van der Waals surface area contributed by atoms with Crippen molar-refractivity contribution in [1.29, 1.82) is 0 Å². The average molecular weight is 263 g/mol. The Morgan fingerprint density at radius 3 is 2.13 bits per heavy atom. The number of alkyl halides is 3. The Labute approximate surface area is 97.9 Å². The summed E-state index contributed by atoms with van der Waals surface area (Å²) in [6, 6.07) is 2.35. The van der Waals surface area contributed by atoms with Gasteiger partial charge in [0.1, 0.15) is 0 Å². The predicted octanol–water partition coefficient (Wildman–Crippen LogP) is 2.45. The molecule has 88 valence electrons. The van der Waals surface area contributed by atoms with E-state index in [9.17, 15) is 13.2 Å². The number of hydrogen-bond acceptors (Lipinski definition) is 2. The van der Waals surface area contributed by atoms with E-state index < -0.39 is 11.7 Å². The second-order valence-electron chi connectivity index (χ2n) is 2.57. The van der Waals surface area contributed by atoms with E-state index in [0.29, 0.717) is 18.7 Å². The van der Waals surface area contributed by atoms with Crippen molar-refractivity contribution in [3.63, 3.8) is 0 Å². The maximum absolute atomic E-state index is 12.0. The highest BCUT2D eigenvalue weighted by Gasteiger charge is 2.30. The van der Waals surface area contributed by atoms with Gasteiger partial charge in [0, 0.05) is 18.3 Å². The molecule has 0 spiro atoms. The number of nitrogens with two attached hydrogens (primary N) is 1. The predicted molar refractivity (Wildman–Crippen MR) is 56.5 cm³/mol. The van der Waals surface area contributed by atoms with Crippen molar-refractivity contribution < 1.29 is 13.2 Å². The SMILES string of the molecule is Cl.Cl.NCCc1ccc(C(F)(F)F)cn1. The number of aromatic nitrogens is 1. The van der Waals surface area contributed by atoms with Crippen molar-refractivity contribution in [2.75, 3.05) is 6.54 Å². The molecular weight excluding hydrogens is 252 g/mol. The van der Waals surface area contributed by atoms with Crippen LogP contribution < -0.4 is 5.73 Å². The molecule has 0 unspecified atom stereocenters. The molecule has 0 aliphatic carbocycles. The van der Waals surface area contributed by atoms with Gasteiger partial charge >= 0.3 is 6.18 Å². The maximum Gasteiger partial charge on any atom is 0.417 e. The van der Waals surface area contributed by atoms with Gasteiger partial charge in [0.15, 0.2) is 0 Å². The van der Waals surface area contributed by atoms with Crippen molar-refractivity contribution in [3.05, 3.63) is 29.6 Å². The first-order valence-corrected chi connectivity index (χ1v) is 3.76. The van der Waals surface area contributed by atoms with E-state index >= 15 is 0 Å². The van der Waals surface area contributed by atoms with E-state index in [-0.39, 0.29) is 24.8 Å². The molecule has 2 nitrogen and oxygen atoms in total. The van der Waals surface area contributed by atoms with Crippen LogP contribution in [-0.2, 0) is 12.6 Å². The molecule has 0 saturated carbocycles. The Kier molecular flexibility index (Phi) is 7.74. The summed E-state index contributed by atoms with van der Waals surface area (Å²) in [5, 5.41) is 0.